The summed E-state index contributed by atoms with van der Waals surface area (Å²) < 4.78 is 11.5. The van der Waals surface area contributed by atoms with Crippen LogP contribution in [-0.4, -0.2) is 54.2 Å². The lowest BCUT2D eigenvalue weighted by molar-refractivity contribution is -0.116. The third kappa shape index (κ3) is 7.55. The zero-order valence-electron chi connectivity index (χ0n) is 18.0. The molecule has 1 amide bonds. The van der Waals surface area contributed by atoms with Crippen molar-refractivity contribution < 1.29 is 14.3 Å². The second kappa shape index (κ2) is 11.2. The number of nitrogens with zero attached hydrogens (tertiary/aromatic N) is 2. The molecule has 0 saturated carbocycles. The van der Waals surface area contributed by atoms with Crippen molar-refractivity contribution in [1.29, 1.82) is 0 Å². The number of nitrogens with one attached hydrogen (secondary N) is 1. The van der Waals surface area contributed by atoms with Gasteiger partial charge in [0.2, 0.25) is 5.91 Å². The Hall–Kier alpha value is -2.22. The van der Waals surface area contributed by atoms with Gasteiger partial charge in [-0.15, -0.1) is 11.3 Å². The molecule has 2 unspecified atom stereocenters. The second-order valence-electron chi connectivity index (χ2n) is 7.71. The molecule has 1 N–H and O–H groups in total. The van der Waals surface area contributed by atoms with Crippen LogP contribution in [-0.2, 0) is 16.1 Å². The van der Waals surface area contributed by atoms with E-state index in [2.05, 4.69) is 29.0 Å². The van der Waals surface area contributed by atoms with Gasteiger partial charge in [-0.25, -0.2) is 4.98 Å². The standard InChI is InChI=1S/C23H31N3O3S/c1-17-13-26(14-18(2)29-17)12-4-11-24-23(27)10-7-20-5-8-22(9-6-20)28-15-21-16-30-19(3)25-21/h5-10,16-18H,4,11-15H2,1-3H3,(H,24,27). The third-order valence-corrected chi connectivity index (χ3v) is 5.63. The van der Waals surface area contributed by atoms with Crippen molar-refractivity contribution in [2.75, 3.05) is 26.2 Å². The fraction of sp³-hybridized carbons (Fsp3) is 0.478. The largest absolute Gasteiger partial charge is 0.487 e. The van der Waals surface area contributed by atoms with E-state index in [4.69, 9.17) is 9.47 Å². The number of rotatable bonds is 9. The van der Waals surface area contributed by atoms with Crippen LogP contribution in [0.25, 0.3) is 6.08 Å². The maximum Gasteiger partial charge on any atom is 0.243 e. The molecule has 7 heteroatoms. The van der Waals surface area contributed by atoms with Crippen molar-refractivity contribution in [2.24, 2.45) is 0 Å². The number of thiazole rings is 1. The summed E-state index contributed by atoms with van der Waals surface area (Å²) >= 11 is 1.62. The van der Waals surface area contributed by atoms with Crippen LogP contribution in [0.4, 0.5) is 0 Å². The zero-order chi connectivity index (χ0) is 21.3. The van der Waals surface area contributed by atoms with Crippen LogP contribution in [0.2, 0.25) is 0 Å². The molecular formula is C23H31N3O3S. The molecule has 1 aliphatic rings. The number of hydrogen-bond acceptors (Lipinski definition) is 6. The lowest BCUT2D eigenvalue weighted by Gasteiger charge is -2.35. The molecule has 6 nitrogen and oxygen atoms in total. The molecule has 30 heavy (non-hydrogen) atoms. The Morgan fingerprint density at radius 2 is 2.03 bits per heavy atom. The average Bonchev–Trinajstić information content (AvgIpc) is 3.13. The van der Waals surface area contributed by atoms with Gasteiger partial charge < -0.3 is 14.8 Å². The second-order valence-corrected chi connectivity index (χ2v) is 8.77. The molecule has 1 aromatic carbocycles. The molecule has 1 aliphatic heterocycles. The maximum atomic E-state index is 12.0. The molecule has 1 fully saturated rings. The van der Waals surface area contributed by atoms with Crippen LogP contribution in [0.5, 0.6) is 5.75 Å². The first-order chi connectivity index (χ1) is 14.5. The molecule has 0 spiro atoms. The maximum absolute atomic E-state index is 12.0. The van der Waals surface area contributed by atoms with E-state index in [1.54, 1.807) is 17.4 Å². The highest BCUT2D eigenvalue weighted by Crippen LogP contribution is 2.16. The summed E-state index contributed by atoms with van der Waals surface area (Å²) in [6, 6.07) is 7.68. The first-order valence-corrected chi connectivity index (χ1v) is 11.3. The smallest absolute Gasteiger partial charge is 0.243 e. The summed E-state index contributed by atoms with van der Waals surface area (Å²) in [6.07, 6.45) is 4.88. The number of aryl methyl sites for hydroxylation is 1. The fourth-order valence-electron chi connectivity index (χ4n) is 3.52. The van der Waals surface area contributed by atoms with E-state index in [1.165, 1.54) is 0 Å². The number of aromatic nitrogens is 1. The molecule has 2 atom stereocenters. The number of carbonyl (C=O) groups is 1. The first-order valence-electron chi connectivity index (χ1n) is 10.5. The quantitative estimate of drug-likeness (QED) is 0.487. The van der Waals surface area contributed by atoms with Gasteiger partial charge in [-0.2, -0.15) is 0 Å². The van der Waals surface area contributed by atoms with Gasteiger partial charge >= 0.3 is 0 Å². The molecule has 162 valence electrons. The molecule has 1 aromatic heterocycles. The molecule has 2 heterocycles. The Balaban J connectivity index is 1.34. The minimum absolute atomic E-state index is 0.0713. The zero-order valence-corrected chi connectivity index (χ0v) is 18.8. The number of amides is 1. The minimum atomic E-state index is -0.0713. The van der Waals surface area contributed by atoms with E-state index in [1.807, 2.05) is 42.6 Å². The minimum Gasteiger partial charge on any atom is -0.487 e. The van der Waals surface area contributed by atoms with Crippen molar-refractivity contribution >= 4 is 23.3 Å². The van der Waals surface area contributed by atoms with Crippen molar-refractivity contribution in [1.82, 2.24) is 15.2 Å². The molecule has 3 rings (SSSR count). The Bertz CT molecular complexity index is 824. The predicted octanol–water partition coefficient (Wildman–Crippen LogP) is 3.66. The van der Waals surface area contributed by atoms with Crippen LogP contribution in [0.3, 0.4) is 0 Å². The normalized spacial score (nSPS) is 19.8. The van der Waals surface area contributed by atoms with Crippen LogP contribution in [0, 0.1) is 6.92 Å². The van der Waals surface area contributed by atoms with Gasteiger partial charge in [0.1, 0.15) is 12.4 Å². The Morgan fingerprint density at radius 3 is 2.70 bits per heavy atom. The molecule has 0 aliphatic carbocycles. The van der Waals surface area contributed by atoms with Crippen LogP contribution < -0.4 is 10.1 Å². The van der Waals surface area contributed by atoms with E-state index < -0.39 is 0 Å². The van der Waals surface area contributed by atoms with E-state index in [-0.39, 0.29) is 18.1 Å². The first kappa shape index (κ1) is 22.5. The average molecular weight is 430 g/mol. The van der Waals surface area contributed by atoms with Crippen molar-refractivity contribution in [2.45, 2.75) is 46.0 Å². The van der Waals surface area contributed by atoms with Crippen LogP contribution in [0.1, 0.15) is 36.5 Å². The Labute approximate surface area is 182 Å². The highest BCUT2D eigenvalue weighted by molar-refractivity contribution is 7.09. The van der Waals surface area contributed by atoms with E-state index in [9.17, 15) is 4.79 Å². The number of morpholine rings is 1. The van der Waals surface area contributed by atoms with E-state index in [0.29, 0.717) is 13.2 Å². The highest BCUT2D eigenvalue weighted by Gasteiger charge is 2.21. The topological polar surface area (TPSA) is 63.7 Å². The number of hydrogen-bond donors (Lipinski definition) is 1. The van der Waals surface area contributed by atoms with Crippen LogP contribution >= 0.6 is 11.3 Å². The predicted molar refractivity (Wildman–Crippen MR) is 121 cm³/mol. The van der Waals surface area contributed by atoms with Crippen LogP contribution in [0.15, 0.2) is 35.7 Å². The molecule has 2 aromatic rings. The van der Waals surface area contributed by atoms with E-state index in [0.717, 1.165) is 48.1 Å². The van der Waals surface area contributed by atoms with Gasteiger partial charge in [-0.05, 0) is 51.0 Å². The fourth-order valence-corrected chi connectivity index (χ4v) is 4.12. The number of benzene rings is 1. The Morgan fingerprint density at radius 1 is 1.30 bits per heavy atom. The van der Waals surface area contributed by atoms with Gasteiger partial charge in [0.15, 0.2) is 0 Å². The summed E-state index contributed by atoms with van der Waals surface area (Å²) in [6.45, 7) is 10.2. The van der Waals surface area contributed by atoms with E-state index >= 15 is 0 Å². The van der Waals surface area contributed by atoms with Crippen molar-refractivity contribution in [3.63, 3.8) is 0 Å². The van der Waals surface area contributed by atoms with Crippen molar-refractivity contribution in [3.8, 4) is 5.75 Å². The SMILES string of the molecule is Cc1nc(COc2ccc(C=CC(=O)NCCCN3CC(C)OC(C)C3)cc2)cs1. The van der Waals surface area contributed by atoms with Gasteiger partial charge in [-0.1, -0.05) is 12.1 Å². The van der Waals surface area contributed by atoms with Crippen molar-refractivity contribution in [3.05, 3.63) is 52.0 Å². The third-order valence-electron chi connectivity index (χ3n) is 4.81. The monoisotopic (exact) mass is 429 g/mol. The summed E-state index contributed by atoms with van der Waals surface area (Å²) in [5.74, 6) is 0.715. The van der Waals surface area contributed by atoms with Gasteiger partial charge in [-0.3, -0.25) is 9.69 Å². The van der Waals surface area contributed by atoms with Gasteiger partial charge in [0, 0.05) is 37.6 Å². The Kier molecular flexibility index (Phi) is 8.42. The summed E-state index contributed by atoms with van der Waals surface area (Å²) in [7, 11) is 0. The molecule has 1 saturated heterocycles. The molecular weight excluding hydrogens is 398 g/mol. The van der Waals surface area contributed by atoms with Gasteiger partial charge in [0.05, 0.1) is 22.9 Å². The lowest BCUT2D eigenvalue weighted by atomic mass is 10.2. The summed E-state index contributed by atoms with van der Waals surface area (Å²) in [5.41, 5.74) is 1.90. The van der Waals surface area contributed by atoms with Gasteiger partial charge in [0.25, 0.3) is 0 Å². The number of carbonyl (C=O) groups excluding carboxylic acids is 1. The summed E-state index contributed by atoms with van der Waals surface area (Å²) in [5, 5.41) is 6.00. The highest BCUT2D eigenvalue weighted by atomic mass is 32.1. The molecule has 0 radical (unpaired) electrons. The lowest BCUT2D eigenvalue weighted by Crippen LogP contribution is -2.46. The summed E-state index contributed by atoms with van der Waals surface area (Å²) in [4.78, 5) is 18.8. The molecule has 0 bridgehead atoms. The number of ether oxygens (including phenoxy) is 2.